The second-order valence-electron chi connectivity index (χ2n) is 16.9. The van der Waals surface area contributed by atoms with E-state index in [9.17, 15) is 15.0 Å². The zero-order chi connectivity index (χ0) is 45.6. The number of hydrogen-bond acceptors (Lipinski definition) is 3. The number of aliphatic hydroxyl groups excluding tert-OH is 2. The van der Waals surface area contributed by atoms with E-state index in [-0.39, 0.29) is 12.5 Å². The highest BCUT2D eigenvalue weighted by atomic mass is 16.3. The SMILES string of the molecule is CC/C=C\C/C=C\C/C=C\C/C=C\C/C=C\C/C=C\C/C=C\C/C=C\C/C=C\C/C=C\C/C=C\CCCCCC(=O)NC(CO)C(O)CCCCCCCCCCCCCCCC. The van der Waals surface area contributed by atoms with Crippen molar-refractivity contribution in [3.05, 3.63) is 134 Å². The summed E-state index contributed by atoms with van der Waals surface area (Å²) in [7, 11) is 0. The van der Waals surface area contributed by atoms with Crippen molar-refractivity contribution < 1.29 is 15.0 Å². The second-order valence-corrected chi connectivity index (χ2v) is 16.9. The minimum atomic E-state index is -0.683. The number of amides is 1. The van der Waals surface area contributed by atoms with Crippen molar-refractivity contribution in [3.63, 3.8) is 0 Å². The highest BCUT2D eigenvalue weighted by molar-refractivity contribution is 5.76. The fourth-order valence-electron chi connectivity index (χ4n) is 7.01. The van der Waals surface area contributed by atoms with Crippen LogP contribution in [0.1, 0.15) is 213 Å². The van der Waals surface area contributed by atoms with E-state index < -0.39 is 12.1 Å². The third-order valence-corrected chi connectivity index (χ3v) is 10.9. The lowest BCUT2D eigenvalue weighted by molar-refractivity contribution is -0.123. The van der Waals surface area contributed by atoms with Crippen LogP contribution in [0.4, 0.5) is 0 Å². The van der Waals surface area contributed by atoms with Gasteiger partial charge in [0.25, 0.3) is 0 Å². The number of allylic oxidation sites excluding steroid dienone is 22. The maximum atomic E-state index is 12.4. The maximum Gasteiger partial charge on any atom is 0.220 e. The molecule has 0 aliphatic heterocycles. The Labute approximate surface area is 390 Å². The molecule has 63 heavy (non-hydrogen) atoms. The molecule has 0 radical (unpaired) electrons. The van der Waals surface area contributed by atoms with E-state index in [1.54, 1.807) is 0 Å². The minimum absolute atomic E-state index is 0.0691. The Morgan fingerprint density at radius 1 is 0.397 bits per heavy atom. The van der Waals surface area contributed by atoms with Crippen molar-refractivity contribution in [2.24, 2.45) is 0 Å². The Balaban J connectivity index is 3.70. The van der Waals surface area contributed by atoms with Crippen molar-refractivity contribution in [1.29, 1.82) is 0 Å². The molecule has 0 aliphatic rings. The van der Waals surface area contributed by atoms with Gasteiger partial charge < -0.3 is 15.5 Å². The zero-order valence-electron chi connectivity index (χ0n) is 40.8. The number of nitrogens with one attached hydrogen (secondary N) is 1. The summed E-state index contributed by atoms with van der Waals surface area (Å²) in [6, 6.07) is -0.563. The highest BCUT2D eigenvalue weighted by Gasteiger charge is 2.20. The van der Waals surface area contributed by atoms with Crippen molar-refractivity contribution in [3.8, 4) is 0 Å². The number of unbranched alkanes of at least 4 members (excludes halogenated alkanes) is 16. The van der Waals surface area contributed by atoms with Gasteiger partial charge in [-0.25, -0.2) is 0 Å². The lowest BCUT2D eigenvalue weighted by Crippen LogP contribution is -2.45. The van der Waals surface area contributed by atoms with E-state index in [0.29, 0.717) is 12.8 Å². The van der Waals surface area contributed by atoms with E-state index in [1.807, 2.05) is 0 Å². The van der Waals surface area contributed by atoms with Gasteiger partial charge in [0.2, 0.25) is 5.91 Å². The predicted molar refractivity (Wildman–Crippen MR) is 280 cm³/mol. The maximum absolute atomic E-state index is 12.4. The van der Waals surface area contributed by atoms with Gasteiger partial charge in [-0.1, -0.05) is 244 Å². The van der Waals surface area contributed by atoms with Gasteiger partial charge >= 0.3 is 0 Å². The van der Waals surface area contributed by atoms with Crippen LogP contribution in [-0.4, -0.2) is 34.9 Å². The van der Waals surface area contributed by atoms with Crippen LogP contribution in [0.15, 0.2) is 134 Å². The normalized spacial score (nSPS) is 14.0. The first kappa shape index (κ1) is 59.5. The molecule has 0 aromatic carbocycles. The standard InChI is InChI=1S/C59H97NO3/c1-3-5-7-9-11-13-15-17-19-20-21-22-23-24-25-26-27-28-29-30-31-32-33-34-35-36-37-38-39-40-41-43-45-47-49-51-53-55-59(63)60-57(56-61)58(62)54-52-50-48-46-44-42-18-16-14-12-10-8-6-4-2/h5,7,11,13,17,19,21-22,24-25,27-28,30-31,33-34,36-37,39-40,43,45,57-58,61-62H,3-4,6,8-10,12,14-16,18,20,23,26,29,32,35,38,41-42,44,46-56H2,1-2H3,(H,60,63)/b7-5-,13-11-,19-17-,22-21-,25-24-,28-27-,31-30-,34-33-,37-36-,40-39-,45-43-. The van der Waals surface area contributed by atoms with Gasteiger partial charge in [0, 0.05) is 6.42 Å². The highest BCUT2D eigenvalue weighted by Crippen LogP contribution is 2.15. The molecule has 0 aromatic heterocycles. The van der Waals surface area contributed by atoms with Gasteiger partial charge in [-0.3, -0.25) is 4.79 Å². The van der Waals surface area contributed by atoms with Crippen LogP contribution in [0.5, 0.6) is 0 Å². The van der Waals surface area contributed by atoms with Crippen LogP contribution in [0.2, 0.25) is 0 Å². The van der Waals surface area contributed by atoms with Crippen LogP contribution in [-0.2, 0) is 4.79 Å². The predicted octanol–water partition coefficient (Wildman–Crippen LogP) is 17.1. The molecule has 4 heteroatoms. The van der Waals surface area contributed by atoms with E-state index in [1.165, 1.54) is 77.0 Å². The molecule has 0 fully saturated rings. The van der Waals surface area contributed by atoms with Gasteiger partial charge in [-0.15, -0.1) is 0 Å². The molecule has 356 valence electrons. The lowest BCUT2D eigenvalue weighted by atomic mass is 10.0. The molecule has 0 bridgehead atoms. The Morgan fingerprint density at radius 2 is 0.698 bits per heavy atom. The molecule has 0 rings (SSSR count). The molecule has 1 amide bonds. The molecule has 0 aromatic rings. The topological polar surface area (TPSA) is 69.6 Å². The summed E-state index contributed by atoms with van der Waals surface area (Å²) in [5, 5.41) is 23.2. The summed E-state index contributed by atoms with van der Waals surface area (Å²) in [6.07, 6.45) is 82.6. The smallest absolute Gasteiger partial charge is 0.220 e. The van der Waals surface area contributed by atoms with Gasteiger partial charge in [0.15, 0.2) is 0 Å². The first-order valence-electron chi connectivity index (χ1n) is 25.9. The molecule has 3 N–H and O–H groups in total. The largest absolute Gasteiger partial charge is 0.394 e. The van der Waals surface area contributed by atoms with Gasteiger partial charge in [0.05, 0.1) is 18.8 Å². The van der Waals surface area contributed by atoms with Crippen molar-refractivity contribution in [2.45, 2.75) is 225 Å². The summed E-state index contributed by atoms with van der Waals surface area (Å²) < 4.78 is 0. The summed E-state index contributed by atoms with van der Waals surface area (Å²) in [5.74, 6) is -0.0691. The van der Waals surface area contributed by atoms with Gasteiger partial charge in [-0.2, -0.15) is 0 Å². The first-order chi connectivity index (χ1) is 31.2. The molecule has 0 aliphatic carbocycles. The summed E-state index contributed by atoms with van der Waals surface area (Å²) >= 11 is 0. The summed E-state index contributed by atoms with van der Waals surface area (Å²) in [4.78, 5) is 12.4. The summed E-state index contributed by atoms with van der Waals surface area (Å²) in [5.41, 5.74) is 0. The molecule has 2 atom stereocenters. The molecular weight excluding hydrogens is 771 g/mol. The first-order valence-corrected chi connectivity index (χ1v) is 25.9. The molecule has 0 saturated heterocycles. The van der Waals surface area contributed by atoms with E-state index in [0.717, 1.165) is 109 Å². The van der Waals surface area contributed by atoms with E-state index in [4.69, 9.17) is 0 Å². The number of carbonyl (C=O) groups is 1. The molecule has 4 nitrogen and oxygen atoms in total. The van der Waals surface area contributed by atoms with Crippen LogP contribution in [0, 0.1) is 0 Å². The second kappa shape index (κ2) is 52.9. The molecular formula is C59H97NO3. The van der Waals surface area contributed by atoms with Crippen molar-refractivity contribution in [1.82, 2.24) is 5.32 Å². The van der Waals surface area contributed by atoms with Crippen molar-refractivity contribution >= 4 is 5.91 Å². The molecule has 2 unspecified atom stereocenters. The molecule has 0 heterocycles. The Bertz CT molecular complexity index is 1310. The number of rotatable bonds is 45. The van der Waals surface area contributed by atoms with Gasteiger partial charge in [0.1, 0.15) is 0 Å². The fraction of sp³-hybridized carbons (Fsp3) is 0.610. The van der Waals surface area contributed by atoms with Crippen LogP contribution < -0.4 is 5.32 Å². The third-order valence-electron chi connectivity index (χ3n) is 10.9. The number of aliphatic hydroxyl groups is 2. The molecule has 0 saturated carbocycles. The average molecular weight is 868 g/mol. The summed E-state index contributed by atoms with van der Waals surface area (Å²) in [6.45, 7) is 4.22. The Morgan fingerprint density at radius 3 is 1.03 bits per heavy atom. The number of hydrogen-bond donors (Lipinski definition) is 3. The lowest BCUT2D eigenvalue weighted by Gasteiger charge is -2.22. The fourth-order valence-corrected chi connectivity index (χ4v) is 7.01. The molecule has 0 spiro atoms. The Hall–Kier alpha value is -3.47. The van der Waals surface area contributed by atoms with Crippen LogP contribution >= 0.6 is 0 Å². The third kappa shape index (κ3) is 49.4. The van der Waals surface area contributed by atoms with Gasteiger partial charge in [-0.05, 0) is 96.3 Å². The van der Waals surface area contributed by atoms with E-state index in [2.05, 4.69) is 153 Å². The van der Waals surface area contributed by atoms with Crippen LogP contribution in [0.3, 0.4) is 0 Å². The van der Waals surface area contributed by atoms with Crippen LogP contribution in [0.25, 0.3) is 0 Å². The zero-order valence-corrected chi connectivity index (χ0v) is 40.8. The van der Waals surface area contributed by atoms with E-state index >= 15 is 0 Å². The number of carbonyl (C=O) groups excluding carboxylic acids is 1. The monoisotopic (exact) mass is 868 g/mol. The average Bonchev–Trinajstić information content (AvgIpc) is 3.29. The van der Waals surface area contributed by atoms with Crippen molar-refractivity contribution in [2.75, 3.05) is 6.61 Å². The quantitative estimate of drug-likeness (QED) is 0.0422. The minimum Gasteiger partial charge on any atom is -0.394 e. The Kier molecular flexibility index (Phi) is 50.0.